The van der Waals surface area contributed by atoms with Crippen LogP contribution in [-0.2, 0) is 22.6 Å². The van der Waals surface area contributed by atoms with E-state index in [1.54, 1.807) is 6.07 Å². The SMILES string of the molecule is O=C(CCc1nc(-c2cccs2)no1)OCc1c(F)cccc1Cl. The van der Waals surface area contributed by atoms with Gasteiger partial charge in [-0.3, -0.25) is 4.79 Å². The van der Waals surface area contributed by atoms with Gasteiger partial charge >= 0.3 is 5.97 Å². The van der Waals surface area contributed by atoms with Crippen LogP contribution >= 0.6 is 22.9 Å². The molecule has 0 spiro atoms. The minimum atomic E-state index is -0.507. The lowest BCUT2D eigenvalue weighted by Gasteiger charge is -2.06. The molecule has 2 aromatic heterocycles. The fraction of sp³-hybridized carbons (Fsp3) is 0.188. The maximum absolute atomic E-state index is 13.6. The van der Waals surface area contributed by atoms with Gasteiger partial charge in [-0.1, -0.05) is 28.9 Å². The molecule has 0 amide bonds. The molecule has 3 aromatic rings. The Kier molecular flexibility index (Phi) is 5.22. The molecule has 0 aliphatic carbocycles. The Morgan fingerprint density at radius 2 is 2.21 bits per heavy atom. The largest absolute Gasteiger partial charge is 0.461 e. The molecular weight excluding hydrogens is 355 g/mol. The van der Waals surface area contributed by atoms with E-state index in [1.807, 2.05) is 17.5 Å². The number of benzene rings is 1. The molecule has 0 radical (unpaired) electrons. The van der Waals surface area contributed by atoms with Crippen LogP contribution in [0.15, 0.2) is 40.2 Å². The number of ether oxygens (including phenoxy) is 1. The number of carbonyl (C=O) groups is 1. The lowest BCUT2D eigenvalue weighted by molar-refractivity contribution is -0.145. The topological polar surface area (TPSA) is 65.2 Å². The molecular formula is C16H12ClFN2O3S. The van der Waals surface area contributed by atoms with Crippen LogP contribution in [0.25, 0.3) is 10.7 Å². The van der Waals surface area contributed by atoms with Crippen molar-refractivity contribution < 1.29 is 18.4 Å². The Labute approximate surface area is 146 Å². The Hall–Kier alpha value is -2.25. The molecule has 0 bridgehead atoms. The number of aryl methyl sites for hydroxylation is 1. The van der Waals surface area contributed by atoms with E-state index in [4.69, 9.17) is 20.9 Å². The van der Waals surface area contributed by atoms with Crippen LogP contribution in [0.4, 0.5) is 4.39 Å². The monoisotopic (exact) mass is 366 g/mol. The van der Waals surface area contributed by atoms with E-state index in [-0.39, 0.29) is 30.0 Å². The standard InChI is InChI=1S/C16H12ClFN2O3S/c17-11-3-1-4-12(18)10(11)9-22-15(21)7-6-14-19-16(20-23-14)13-5-2-8-24-13/h1-5,8H,6-7,9H2. The maximum Gasteiger partial charge on any atom is 0.306 e. The highest BCUT2D eigenvalue weighted by atomic mass is 35.5. The molecule has 1 aromatic carbocycles. The van der Waals surface area contributed by atoms with Gasteiger partial charge in [0.15, 0.2) is 0 Å². The van der Waals surface area contributed by atoms with Gasteiger partial charge in [-0.05, 0) is 23.6 Å². The molecule has 0 fully saturated rings. The third-order valence-corrected chi connectivity index (χ3v) is 4.41. The van der Waals surface area contributed by atoms with Crippen LogP contribution in [0.3, 0.4) is 0 Å². The normalized spacial score (nSPS) is 10.8. The highest BCUT2D eigenvalue weighted by Crippen LogP contribution is 2.22. The number of esters is 1. The molecule has 3 rings (SSSR count). The molecule has 8 heteroatoms. The van der Waals surface area contributed by atoms with Crippen LogP contribution in [0.5, 0.6) is 0 Å². The maximum atomic E-state index is 13.6. The number of hydrogen-bond donors (Lipinski definition) is 0. The van der Waals surface area contributed by atoms with Crippen molar-refractivity contribution in [3.8, 4) is 10.7 Å². The van der Waals surface area contributed by atoms with Crippen molar-refractivity contribution in [3.63, 3.8) is 0 Å². The zero-order valence-electron chi connectivity index (χ0n) is 12.4. The first kappa shape index (κ1) is 16.6. The Balaban J connectivity index is 1.51. The van der Waals surface area contributed by atoms with Crippen molar-refractivity contribution >= 4 is 28.9 Å². The third-order valence-electron chi connectivity index (χ3n) is 3.19. The fourth-order valence-electron chi connectivity index (χ4n) is 1.97. The Morgan fingerprint density at radius 3 is 2.96 bits per heavy atom. The van der Waals surface area contributed by atoms with Gasteiger partial charge in [0.2, 0.25) is 11.7 Å². The number of aromatic nitrogens is 2. The molecule has 0 N–H and O–H groups in total. The predicted octanol–water partition coefficient (Wildman–Crippen LogP) is 4.27. The fourth-order valence-corrected chi connectivity index (χ4v) is 2.83. The summed E-state index contributed by atoms with van der Waals surface area (Å²) in [5.41, 5.74) is 0.158. The summed E-state index contributed by atoms with van der Waals surface area (Å²) >= 11 is 7.37. The second-order valence-corrected chi connectivity index (χ2v) is 6.20. The lowest BCUT2D eigenvalue weighted by Crippen LogP contribution is -2.07. The van der Waals surface area contributed by atoms with E-state index in [0.29, 0.717) is 11.7 Å². The van der Waals surface area contributed by atoms with Crippen molar-refractivity contribution in [1.82, 2.24) is 10.1 Å². The zero-order valence-corrected chi connectivity index (χ0v) is 13.9. The number of rotatable bonds is 6. The van der Waals surface area contributed by atoms with Crippen molar-refractivity contribution in [2.45, 2.75) is 19.4 Å². The van der Waals surface area contributed by atoms with E-state index in [0.717, 1.165) is 4.88 Å². The lowest BCUT2D eigenvalue weighted by atomic mass is 10.2. The summed E-state index contributed by atoms with van der Waals surface area (Å²) in [6.07, 6.45) is 0.306. The number of hydrogen-bond acceptors (Lipinski definition) is 6. The molecule has 0 aliphatic rings. The molecule has 0 saturated heterocycles. The van der Waals surface area contributed by atoms with Gasteiger partial charge < -0.3 is 9.26 Å². The van der Waals surface area contributed by atoms with E-state index < -0.39 is 11.8 Å². The van der Waals surface area contributed by atoms with Crippen molar-refractivity contribution in [1.29, 1.82) is 0 Å². The summed E-state index contributed by atoms with van der Waals surface area (Å²) in [5, 5.41) is 5.99. The van der Waals surface area contributed by atoms with Crippen molar-refractivity contribution in [2.24, 2.45) is 0 Å². The van der Waals surface area contributed by atoms with Crippen LogP contribution in [0.1, 0.15) is 17.9 Å². The third kappa shape index (κ3) is 3.98. The number of halogens is 2. The molecule has 124 valence electrons. The van der Waals surface area contributed by atoms with Gasteiger partial charge in [0, 0.05) is 12.0 Å². The predicted molar refractivity (Wildman–Crippen MR) is 87.1 cm³/mol. The summed E-state index contributed by atoms with van der Waals surface area (Å²) in [5.74, 6) is -0.163. The van der Waals surface area contributed by atoms with Gasteiger partial charge in [0.25, 0.3) is 0 Å². The van der Waals surface area contributed by atoms with Crippen LogP contribution in [0.2, 0.25) is 5.02 Å². The number of thiophene rings is 1. The van der Waals surface area contributed by atoms with Crippen molar-refractivity contribution in [3.05, 3.63) is 58.0 Å². The zero-order chi connectivity index (χ0) is 16.9. The van der Waals surface area contributed by atoms with Crippen LogP contribution < -0.4 is 0 Å². The van der Waals surface area contributed by atoms with Crippen LogP contribution in [-0.4, -0.2) is 16.1 Å². The van der Waals surface area contributed by atoms with Gasteiger partial charge in [-0.15, -0.1) is 11.3 Å². The van der Waals surface area contributed by atoms with Crippen LogP contribution in [0, 0.1) is 5.82 Å². The van der Waals surface area contributed by atoms with Gasteiger partial charge in [-0.2, -0.15) is 4.98 Å². The number of nitrogens with zero attached hydrogens (tertiary/aromatic N) is 2. The smallest absolute Gasteiger partial charge is 0.306 e. The Morgan fingerprint density at radius 1 is 1.33 bits per heavy atom. The minimum absolute atomic E-state index is 0.0537. The molecule has 24 heavy (non-hydrogen) atoms. The summed E-state index contributed by atoms with van der Waals surface area (Å²) in [7, 11) is 0. The van der Waals surface area contributed by atoms with E-state index in [2.05, 4.69) is 10.1 Å². The van der Waals surface area contributed by atoms with E-state index in [1.165, 1.54) is 23.5 Å². The molecule has 2 heterocycles. The van der Waals surface area contributed by atoms with Gasteiger partial charge in [0.05, 0.1) is 16.3 Å². The molecule has 5 nitrogen and oxygen atoms in total. The summed E-state index contributed by atoms with van der Waals surface area (Å²) in [4.78, 5) is 16.9. The average molecular weight is 367 g/mol. The van der Waals surface area contributed by atoms with Crippen molar-refractivity contribution in [2.75, 3.05) is 0 Å². The second kappa shape index (κ2) is 7.55. The van der Waals surface area contributed by atoms with E-state index in [9.17, 15) is 9.18 Å². The molecule has 0 atom stereocenters. The minimum Gasteiger partial charge on any atom is -0.461 e. The first-order chi connectivity index (χ1) is 11.6. The quantitative estimate of drug-likeness (QED) is 0.609. The summed E-state index contributed by atoms with van der Waals surface area (Å²) in [6, 6.07) is 8.06. The summed E-state index contributed by atoms with van der Waals surface area (Å²) in [6.45, 7) is -0.214. The summed E-state index contributed by atoms with van der Waals surface area (Å²) < 4.78 is 23.7. The molecule has 0 aliphatic heterocycles. The molecule has 0 unspecified atom stereocenters. The van der Waals surface area contributed by atoms with Gasteiger partial charge in [0.1, 0.15) is 12.4 Å². The average Bonchev–Trinajstić information content (AvgIpc) is 3.23. The highest BCUT2D eigenvalue weighted by molar-refractivity contribution is 7.13. The highest BCUT2D eigenvalue weighted by Gasteiger charge is 2.13. The van der Waals surface area contributed by atoms with Gasteiger partial charge in [-0.25, -0.2) is 4.39 Å². The first-order valence-electron chi connectivity index (χ1n) is 7.08. The second-order valence-electron chi connectivity index (χ2n) is 4.85. The van der Waals surface area contributed by atoms with E-state index >= 15 is 0 Å². The first-order valence-corrected chi connectivity index (χ1v) is 8.34. The number of carbonyl (C=O) groups excluding carboxylic acids is 1. The Bertz CT molecular complexity index is 815. The molecule has 0 saturated carbocycles.